The van der Waals surface area contributed by atoms with Crippen LogP contribution in [0.4, 0.5) is 0 Å². The lowest BCUT2D eigenvalue weighted by Gasteiger charge is -2.37. The summed E-state index contributed by atoms with van der Waals surface area (Å²) in [6.45, 7) is 5.74. The summed E-state index contributed by atoms with van der Waals surface area (Å²) < 4.78 is 5.80. The van der Waals surface area contributed by atoms with E-state index in [0.29, 0.717) is 0 Å². The molecule has 2 fully saturated rings. The van der Waals surface area contributed by atoms with E-state index in [1.54, 1.807) is 6.20 Å². The number of rotatable bonds is 4. The molecule has 2 N–H and O–H groups in total. The van der Waals surface area contributed by atoms with Gasteiger partial charge in [-0.3, -0.25) is 15.2 Å². The second-order valence-corrected chi connectivity index (χ2v) is 6.19. The topological polar surface area (TPSA) is 70.2 Å². The van der Waals surface area contributed by atoms with Crippen molar-refractivity contribution in [1.82, 2.24) is 20.4 Å². The van der Waals surface area contributed by atoms with Gasteiger partial charge in [0.25, 0.3) is 0 Å². The minimum atomic E-state index is -0.0849. The Morgan fingerprint density at radius 3 is 3.05 bits per heavy atom. The van der Waals surface area contributed by atoms with Crippen LogP contribution in [0, 0.1) is 0 Å². The number of carbonyl (C=O) groups excluding carboxylic acids is 1. The van der Waals surface area contributed by atoms with E-state index in [1.807, 2.05) is 11.0 Å². The number of piperidine rings is 1. The fourth-order valence-electron chi connectivity index (χ4n) is 3.32. The lowest BCUT2D eigenvalue weighted by atomic mass is 10.00. The van der Waals surface area contributed by atoms with E-state index in [4.69, 9.17) is 4.74 Å². The highest BCUT2D eigenvalue weighted by Gasteiger charge is 2.36. The molecule has 6 heteroatoms. The molecule has 0 spiro atoms. The van der Waals surface area contributed by atoms with Crippen molar-refractivity contribution in [3.8, 4) is 0 Å². The first-order chi connectivity index (χ1) is 10.2. The fraction of sp³-hybridized carbons (Fsp3) is 0.733. The van der Waals surface area contributed by atoms with Gasteiger partial charge in [-0.2, -0.15) is 5.10 Å². The number of likely N-dealkylation sites (tertiary alicyclic amines) is 1. The van der Waals surface area contributed by atoms with Crippen LogP contribution in [0.15, 0.2) is 12.3 Å². The zero-order chi connectivity index (χ0) is 14.8. The minimum absolute atomic E-state index is 0.0327. The molecule has 1 aromatic rings. The van der Waals surface area contributed by atoms with Gasteiger partial charge in [0.2, 0.25) is 5.91 Å². The molecular weight excluding hydrogens is 268 g/mol. The second kappa shape index (κ2) is 6.15. The third-order valence-corrected chi connectivity index (χ3v) is 4.43. The summed E-state index contributed by atoms with van der Waals surface area (Å²) in [6, 6.07) is 2.29. The average Bonchev–Trinajstić information content (AvgIpc) is 3.11. The van der Waals surface area contributed by atoms with Crippen molar-refractivity contribution in [3.05, 3.63) is 18.0 Å². The number of hydrogen-bond acceptors (Lipinski definition) is 4. The zero-order valence-electron chi connectivity index (χ0n) is 12.7. The van der Waals surface area contributed by atoms with Crippen LogP contribution in [-0.4, -0.2) is 52.3 Å². The Bertz CT molecular complexity index is 474. The summed E-state index contributed by atoms with van der Waals surface area (Å²) in [6.07, 6.45) is 4.60. The molecule has 2 aliphatic rings. The number of amides is 1. The van der Waals surface area contributed by atoms with Crippen molar-refractivity contribution >= 4 is 5.91 Å². The van der Waals surface area contributed by atoms with Crippen molar-refractivity contribution in [2.24, 2.45) is 0 Å². The van der Waals surface area contributed by atoms with Gasteiger partial charge in [0.15, 0.2) is 0 Å². The molecule has 3 rings (SSSR count). The van der Waals surface area contributed by atoms with Gasteiger partial charge >= 0.3 is 0 Å². The molecule has 6 nitrogen and oxygen atoms in total. The number of aromatic amines is 1. The van der Waals surface area contributed by atoms with Crippen LogP contribution in [0.2, 0.25) is 0 Å². The molecule has 1 unspecified atom stereocenters. The summed E-state index contributed by atoms with van der Waals surface area (Å²) in [5.41, 5.74) is 0.981. The number of nitrogens with one attached hydrogen (secondary N) is 2. The predicted molar refractivity (Wildman–Crippen MR) is 78.7 cm³/mol. The first-order valence-electron chi connectivity index (χ1n) is 7.84. The van der Waals surface area contributed by atoms with Gasteiger partial charge in [-0.25, -0.2) is 0 Å². The van der Waals surface area contributed by atoms with Gasteiger partial charge < -0.3 is 9.64 Å². The van der Waals surface area contributed by atoms with Gasteiger partial charge in [-0.15, -0.1) is 0 Å². The van der Waals surface area contributed by atoms with Crippen molar-refractivity contribution in [1.29, 1.82) is 0 Å². The molecule has 0 bridgehead atoms. The monoisotopic (exact) mass is 292 g/mol. The maximum atomic E-state index is 12.6. The number of ether oxygens (including phenoxy) is 1. The third kappa shape index (κ3) is 2.96. The zero-order valence-corrected chi connectivity index (χ0v) is 12.7. The predicted octanol–water partition coefficient (Wildman–Crippen LogP) is 1.23. The lowest BCUT2D eigenvalue weighted by molar-refractivity contribution is -0.138. The molecule has 2 aliphatic heterocycles. The van der Waals surface area contributed by atoms with Crippen LogP contribution in [0.1, 0.15) is 44.9 Å². The highest BCUT2D eigenvalue weighted by atomic mass is 16.5. The Kier molecular flexibility index (Phi) is 4.26. The number of carbonyl (C=O) groups is 1. The van der Waals surface area contributed by atoms with Crippen molar-refractivity contribution in [3.63, 3.8) is 0 Å². The second-order valence-electron chi connectivity index (χ2n) is 6.19. The molecular formula is C15H24N4O2. The molecule has 3 heterocycles. The Labute approximate surface area is 125 Å². The molecule has 0 radical (unpaired) electrons. The summed E-state index contributed by atoms with van der Waals surface area (Å²) >= 11 is 0. The lowest BCUT2D eigenvalue weighted by Crippen LogP contribution is -2.55. The third-order valence-electron chi connectivity index (χ3n) is 4.43. The van der Waals surface area contributed by atoms with Crippen molar-refractivity contribution in [2.75, 3.05) is 13.2 Å². The quantitative estimate of drug-likeness (QED) is 0.875. The average molecular weight is 292 g/mol. The Balaban J connectivity index is 1.66. The maximum absolute atomic E-state index is 12.6. The Morgan fingerprint density at radius 2 is 2.33 bits per heavy atom. The first-order valence-corrected chi connectivity index (χ1v) is 7.84. The molecule has 2 saturated heterocycles. The molecule has 1 aromatic heterocycles. The Morgan fingerprint density at radius 1 is 1.48 bits per heavy atom. The summed E-state index contributed by atoms with van der Waals surface area (Å²) in [4.78, 5) is 14.5. The van der Waals surface area contributed by atoms with Gasteiger partial charge in [0.05, 0.1) is 11.7 Å². The molecule has 1 amide bonds. The van der Waals surface area contributed by atoms with Gasteiger partial charge in [0.1, 0.15) is 6.10 Å². The maximum Gasteiger partial charge on any atom is 0.239 e. The molecule has 0 saturated carbocycles. The number of nitrogens with zero attached hydrogens (tertiary/aromatic N) is 2. The largest absolute Gasteiger partial charge is 0.370 e. The highest BCUT2D eigenvalue weighted by Crippen LogP contribution is 2.29. The van der Waals surface area contributed by atoms with Crippen LogP contribution in [0.3, 0.4) is 0 Å². The van der Waals surface area contributed by atoms with Crippen LogP contribution in [0.25, 0.3) is 0 Å². The highest BCUT2D eigenvalue weighted by molar-refractivity contribution is 5.82. The van der Waals surface area contributed by atoms with Gasteiger partial charge in [-0.1, -0.05) is 0 Å². The van der Waals surface area contributed by atoms with E-state index in [9.17, 15) is 4.79 Å². The van der Waals surface area contributed by atoms with Crippen LogP contribution in [-0.2, 0) is 9.53 Å². The van der Waals surface area contributed by atoms with Gasteiger partial charge in [-0.05, 0) is 39.2 Å². The van der Waals surface area contributed by atoms with E-state index in [1.165, 1.54) is 0 Å². The number of H-pyrrole nitrogens is 1. The summed E-state index contributed by atoms with van der Waals surface area (Å²) in [7, 11) is 0. The first kappa shape index (κ1) is 14.5. The van der Waals surface area contributed by atoms with E-state index in [0.717, 1.165) is 38.1 Å². The fourth-order valence-corrected chi connectivity index (χ4v) is 3.32. The smallest absolute Gasteiger partial charge is 0.239 e. The van der Waals surface area contributed by atoms with E-state index in [2.05, 4.69) is 29.4 Å². The number of hydrogen-bond donors (Lipinski definition) is 2. The minimum Gasteiger partial charge on any atom is -0.370 e. The molecule has 116 valence electrons. The summed E-state index contributed by atoms with van der Waals surface area (Å²) in [5, 5.41) is 10.5. The Hall–Kier alpha value is -1.40. The summed E-state index contributed by atoms with van der Waals surface area (Å²) in [5.74, 6) is 0.228. The molecule has 3 atom stereocenters. The molecule has 21 heavy (non-hydrogen) atoms. The van der Waals surface area contributed by atoms with Crippen LogP contribution >= 0.6 is 0 Å². The van der Waals surface area contributed by atoms with Crippen molar-refractivity contribution < 1.29 is 9.53 Å². The molecule has 0 aromatic carbocycles. The standard InChI is InChI=1S/C15H24N4O2/c1-10(2)19-8-3-4-13(15(19)20)17-11-6-9-21-14(11)12-5-7-16-18-12/h5,7,10-11,13-14,17H,3-4,6,8-9H2,1-2H3,(H,16,18)/t11-,13?,14-/m1/s1. The van der Waals surface area contributed by atoms with E-state index in [-0.39, 0.29) is 30.1 Å². The number of aromatic nitrogens is 2. The van der Waals surface area contributed by atoms with E-state index < -0.39 is 0 Å². The van der Waals surface area contributed by atoms with Gasteiger partial charge in [0, 0.05) is 31.4 Å². The van der Waals surface area contributed by atoms with E-state index >= 15 is 0 Å². The van der Waals surface area contributed by atoms with Crippen molar-refractivity contribution in [2.45, 2.75) is 57.3 Å². The van der Waals surface area contributed by atoms with Crippen LogP contribution in [0.5, 0.6) is 0 Å². The normalized spacial score (nSPS) is 30.3. The SMILES string of the molecule is CC(C)N1CCCC(N[C@@H]2CCO[C@H]2c2ccn[nH]2)C1=O. The molecule has 0 aliphatic carbocycles. The van der Waals surface area contributed by atoms with Crippen LogP contribution < -0.4 is 5.32 Å².